The summed E-state index contributed by atoms with van der Waals surface area (Å²) in [7, 11) is -3.99. The van der Waals surface area contributed by atoms with Crippen molar-refractivity contribution in [1.82, 2.24) is 14.6 Å². The molecule has 0 radical (unpaired) electrons. The van der Waals surface area contributed by atoms with Gasteiger partial charge in [0.2, 0.25) is 15.9 Å². The molecule has 0 unspecified atom stereocenters. The largest absolute Gasteiger partial charge is 0.384 e. The summed E-state index contributed by atoms with van der Waals surface area (Å²) in [4.78, 5) is 20.2. The third-order valence-electron chi connectivity index (χ3n) is 7.08. The molecule has 5 rings (SSSR count). The smallest absolute Gasteiger partial charge is 0.243 e. The third-order valence-corrected chi connectivity index (χ3v) is 9.66. The number of rotatable bonds is 8. The second-order valence-electron chi connectivity index (χ2n) is 9.52. The van der Waals surface area contributed by atoms with E-state index in [9.17, 15) is 17.6 Å². The first-order valence-electron chi connectivity index (χ1n) is 12.5. The average Bonchev–Trinajstić information content (AvgIpc) is 3.30. The summed E-state index contributed by atoms with van der Waals surface area (Å²) in [6, 6.07) is 12.0. The SMILES string of the molecule is O=C([C@H](Cc1nc2ccccc2s1)NS(=O)(=O)c1cccc2c1NCCC2)N1CCC(CCF)CC1. The molecule has 3 heterocycles. The number of nitrogens with one attached hydrogen (secondary N) is 2. The molecular formula is C26H31FN4O3S2. The highest BCUT2D eigenvalue weighted by Gasteiger charge is 2.34. The van der Waals surface area contributed by atoms with Gasteiger partial charge in [0.1, 0.15) is 10.9 Å². The number of sulfonamides is 1. The fraction of sp³-hybridized carbons (Fsp3) is 0.462. The van der Waals surface area contributed by atoms with E-state index < -0.39 is 16.1 Å². The van der Waals surface area contributed by atoms with E-state index in [0.717, 1.165) is 41.5 Å². The quantitative estimate of drug-likeness (QED) is 0.457. The molecule has 10 heteroatoms. The first-order chi connectivity index (χ1) is 17.4. The number of aromatic nitrogens is 1. The minimum Gasteiger partial charge on any atom is -0.384 e. The van der Waals surface area contributed by atoms with Crippen molar-refractivity contribution in [3.63, 3.8) is 0 Å². The number of anilines is 1. The van der Waals surface area contributed by atoms with Crippen molar-refractivity contribution in [3.8, 4) is 0 Å². The fourth-order valence-electron chi connectivity index (χ4n) is 5.13. The molecule has 1 fully saturated rings. The van der Waals surface area contributed by atoms with Crippen molar-refractivity contribution in [3.05, 3.63) is 53.0 Å². The first kappa shape index (κ1) is 25.1. The number of piperidine rings is 1. The number of hydrogen-bond acceptors (Lipinski definition) is 6. The number of halogens is 1. The summed E-state index contributed by atoms with van der Waals surface area (Å²) in [5.74, 6) is 0.00894. The van der Waals surface area contributed by atoms with Gasteiger partial charge in [0.05, 0.1) is 27.6 Å². The summed E-state index contributed by atoms with van der Waals surface area (Å²) in [6.45, 7) is 1.36. The number of benzene rings is 2. The van der Waals surface area contributed by atoms with Crippen LogP contribution in [0.2, 0.25) is 0 Å². The van der Waals surface area contributed by atoms with Crippen LogP contribution in [0.1, 0.15) is 36.3 Å². The lowest BCUT2D eigenvalue weighted by molar-refractivity contribution is -0.134. The van der Waals surface area contributed by atoms with Gasteiger partial charge in [-0.05, 0) is 61.8 Å². The van der Waals surface area contributed by atoms with Crippen molar-refractivity contribution in [1.29, 1.82) is 0 Å². The Hall–Kier alpha value is -2.56. The Morgan fingerprint density at radius 1 is 1.19 bits per heavy atom. The zero-order chi connectivity index (χ0) is 25.1. The van der Waals surface area contributed by atoms with Crippen LogP contribution in [0, 0.1) is 5.92 Å². The highest BCUT2D eigenvalue weighted by molar-refractivity contribution is 7.89. The number of aryl methyl sites for hydroxylation is 1. The van der Waals surface area contributed by atoms with Crippen molar-refractivity contribution < 1.29 is 17.6 Å². The summed E-state index contributed by atoms with van der Waals surface area (Å²) >= 11 is 1.47. The second kappa shape index (κ2) is 10.8. The zero-order valence-electron chi connectivity index (χ0n) is 20.1. The van der Waals surface area contributed by atoms with Crippen LogP contribution in [0.15, 0.2) is 47.4 Å². The standard InChI is InChI=1S/C26H31FN4O3S2/c27-13-10-18-11-15-31(16-12-18)26(32)21(17-24-29-20-7-1-2-8-22(20)35-24)30-36(33,34)23-9-3-5-19-6-4-14-28-25(19)23/h1-3,5,7-9,18,21,28,30H,4,6,10-17H2/t21-/m0/s1. The molecule has 0 saturated carbocycles. The summed E-state index contributed by atoms with van der Waals surface area (Å²) < 4.78 is 43.8. The van der Waals surface area contributed by atoms with E-state index in [2.05, 4.69) is 15.0 Å². The summed E-state index contributed by atoms with van der Waals surface area (Å²) in [5.41, 5.74) is 2.42. The maximum absolute atomic E-state index is 13.7. The number of fused-ring (bicyclic) bond motifs is 2. The molecule has 2 aliphatic heterocycles. The van der Waals surface area contributed by atoms with Crippen molar-refractivity contribution in [2.45, 2.75) is 49.5 Å². The number of likely N-dealkylation sites (tertiary alicyclic amines) is 1. The van der Waals surface area contributed by atoms with Gasteiger partial charge >= 0.3 is 0 Å². The molecule has 3 aromatic rings. The van der Waals surface area contributed by atoms with Gasteiger partial charge < -0.3 is 10.2 Å². The topological polar surface area (TPSA) is 91.4 Å². The van der Waals surface area contributed by atoms with E-state index in [4.69, 9.17) is 0 Å². The van der Waals surface area contributed by atoms with E-state index >= 15 is 0 Å². The number of nitrogens with zero attached hydrogens (tertiary/aromatic N) is 2. The molecule has 1 aromatic heterocycles. The number of alkyl halides is 1. The van der Waals surface area contributed by atoms with Crippen LogP contribution in [0.3, 0.4) is 0 Å². The second-order valence-corrected chi connectivity index (χ2v) is 12.3. The van der Waals surface area contributed by atoms with Crippen LogP contribution in [-0.4, -0.2) is 56.6 Å². The van der Waals surface area contributed by atoms with E-state index in [0.29, 0.717) is 36.8 Å². The molecule has 1 saturated heterocycles. The lowest BCUT2D eigenvalue weighted by Gasteiger charge is -2.34. The van der Waals surface area contributed by atoms with Gasteiger partial charge in [0.15, 0.2) is 0 Å². The van der Waals surface area contributed by atoms with E-state index in [1.807, 2.05) is 30.3 Å². The number of carbonyl (C=O) groups is 1. The minimum atomic E-state index is -3.99. The van der Waals surface area contributed by atoms with Crippen LogP contribution in [0.25, 0.3) is 10.2 Å². The molecular weight excluding hydrogens is 499 g/mol. The van der Waals surface area contributed by atoms with E-state index in [-0.39, 0.29) is 29.8 Å². The molecule has 36 heavy (non-hydrogen) atoms. The first-order valence-corrected chi connectivity index (χ1v) is 14.8. The lowest BCUT2D eigenvalue weighted by Crippen LogP contribution is -2.51. The Morgan fingerprint density at radius 2 is 2.00 bits per heavy atom. The minimum absolute atomic E-state index is 0.170. The Balaban J connectivity index is 1.42. The highest BCUT2D eigenvalue weighted by atomic mass is 32.2. The Kier molecular flexibility index (Phi) is 7.55. The van der Waals surface area contributed by atoms with Crippen molar-refractivity contribution in [2.75, 3.05) is 31.6 Å². The molecule has 0 spiro atoms. The molecule has 7 nitrogen and oxygen atoms in total. The average molecular weight is 531 g/mol. The van der Waals surface area contributed by atoms with Crippen molar-refractivity contribution in [2.24, 2.45) is 5.92 Å². The van der Waals surface area contributed by atoms with Crippen LogP contribution >= 0.6 is 11.3 Å². The number of para-hydroxylation sites is 2. The predicted molar refractivity (Wildman–Crippen MR) is 141 cm³/mol. The van der Waals surface area contributed by atoms with Crippen molar-refractivity contribution >= 4 is 43.2 Å². The van der Waals surface area contributed by atoms with Crippen LogP contribution in [0.5, 0.6) is 0 Å². The molecule has 2 N–H and O–H groups in total. The highest BCUT2D eigenvalue weighted by Crippen LogP contribution is 2.30. The van der Waals surface area contributed by atoms with Gasteiger partial charge in [-0.3, -0.25) is 9.18 Å². The third kappa shape index (κ3) is 5.40. The maximum Gasteiger partial charge on any atom is 0.243 e. The fourth-order valence-corrected chi connectivity index (χ4v) is 7.56. The number of hydrogen-bond donors (Lipinski definition) is 2. The van der Waals surface area contributed by atoms with Crippen LogP contribution < -0.4 is 10.0 Å². The maximum atomic E-state index is 13.7. The van der Waals surface area contributed by atoms with Gasteiger partial charge in [0.25, 0.3) is 0 Å². The number of thiazole rings is 1. The van der Waals surface area contributed by atoms with Gasteiger partial charge in [-0.15, -0.1) is 11.3 Å². The Bertz CT molecular complexity index is 1300. The molecule has 1 atom stereocenters. The molecule has 0 aliphatic carbocycles. The Morgan fingerprint density at radius 3 is 2.78 bits per heavy atom. The molecule has 2 aliphatic rings. The van der Waals surface area contributed by atoms with Gasteiger partial charge in [-0.1, -0.05) is 24.3 Å². The van der Waals surface area contributed by atoms with Crippen LogP contribution in [-0.2, 0) is 27.7 Å². The normalized spacial score (nSPS) is 17.5. The number of carbonyl (C=O) groups excluding carboxylic acids is 1. The number of amides is 1. The van der Waals surface area contributed by atoms with E-state index in [1.54, 1.807) is 17.0 Å². The molecule has 0 bridgehead atoms. The van der Waals surface area contributed by atoms with E-state index in [1.165, 1.54) is 11.3 Å². The molecule has 2 aromatic carbocycles. The van der Waals surface area contributed by atoms with Gasteiger partial charge in [-0.25, -0.2) is 13.4 Å². The molecule has 192 valence electrons. The monoisotopic (exact) mass is 530 g/mol. The van der Waals surface area contributed by atoms with Gasteiger partial charge in [-0.2, -0.15) is 4.72 Å². The Labute approximate surface area is 215 Å². The molecule has 1 amide bonds. The lowest BCUT2D eigenvalue weighted by atomic mass is 9.93. The van der Waals surface area contributed by atoms with Gasteiger partial charge in [0, 0.05) is 26.1 Å². The van der Waals surface area contributed by atoms with Crippen LogP contribution in [0.4, 0.5) is 10.1 Å². The predicted octanol–water partition coefficient (Wildman–Crippen LogP) is 4.14. The summed E-state index contributed by atoms with van der Waals surface area (Å²) in [5, 5.41) is 3.94. The summed E-state index contributed by atoms with van der Waals surface area (Å²) in [6.07, 6.45) is 3.90. The zero-order valence-corrected chi connectivity index (χ0v) is 21.7.